The van der Waals surface area contributed by atoms with Crippen LogP contribution in [0.4, 0.5) is 4.39 Å². The van der Waals surface area contributed by atoms with Gasteiger partial charge in [0, 0.05) is 36.8 Å². The van der Waals surface area contributed by atoms with Crippen molar-refractivity contribution in [2.75, 3.05) is 46.0 Å². The van der Waals surface area contributed by atoms with Crippen molar-refractivity contribution in [1.82, 2.24) is 15.5 Å². The van der Waals surface area contributed by atoms with E-state index >= 15 is 0 Å². The fourth-order valence-corrected chi connectivity index (χ4v) is 3.71. The van der Waals surface area contributed by atoms with Crippen LogP contribution in [0.5, 0.6) is 0 Å². The zero-order valence-corrected chi connectivity index (χ0v) is 18.0. The van der Waals surface area contributed by atoms with E-state index in [0.29, 0.717) is 50.0 Å². The van der Waals surface area contributed by atoms with Crippen molar-refractivity contribution in [2.24, 2.45) is 0 Å². The molecule has 2 heterocycles. The molecule has 1 amide bonds. The minimum Gasteiger partial charge on any atom is -0.378 e. The van der Waals surface area contributed by atoms with Crippen LogP contribution in [0.2, 0.25) is 5.02 Å². The van der Waals surface area contributed by atoms with Gasteiger partial charge in [-0.15, -0.1) is 24.8 Å². The number of hydrogen-bond acceptors (Lipinski definition) is 5. The number of hydrogen-bond donors (Lipinski definition) is 2. The first-order valence-electron chi connectivity index (χ1n) is 8.94. The molecule has 1 aromatic carbocycles. The van der Waals surface area contributed by atoms with Gasteiger partial charge < -0.3 is 20.1 Å². The fourth-order valence-electron chi connectivity index (χ4n) is 3.43. The lowest BCUT2D eigenvalue weighted by atomic mass is 10.0. The van der Waals surface area contributed by atoms with Crippen LogP contribution in [-0.2, 0) is 14.3 Å². The van der Waals surface area contributed by atoms with Crippen molar-refractivity contribution in [3.8, 4) is 0 Å². The number of nitrogens with zero attached hydrogens (tertiary/aromatic N) is 1. The van der Waals surface area contributed by atoms with Crippen molar-refractivity contribution >= 4 is 42.3 Å². The third-order valence-electron chi connectivity index (χ3n) is 4.75. The minimum absolute atomic E-state index is 0. The third-order valence-corrected chi connectivity index (χ3v) is 5.08. The molecule has 3 rings (SSSR count). The van der Waals surface area contributed by atoms with Crippen molar-refractivity contribution < 1.29 is 18.7 Å². The van der Waals surface area contributed by atoms with Gasteiger partial charge in [0.15, 0.2) is 0 Å². The summed E-state index contributed by atoms with van der Waals surface area (Å²) in [5, 5.41) is 6.41. The average Bonchev–Trinajstić information content (AvgIpc) is 2.64. The zero-order chi connectivity index (χ0) is 18.5. The van der Waals surface area contributed by atoms with Gasteiger partial charge in [-0.1, -0.05) is 17.7 Å². The Hall–Kier alpha value is -0.670. The molecule has 0 bridgehead atoms. The molecule has 1 aromatic rings. The number of rotatable bonds is 5. The lowest BCUT2D eigenvalue weighted by molar-refractivity contribution is -0.126. The van der Waals surface area contributed by atoms with E-state index in [-0.39, 0.29) is 61.3 Å². The molecule has 3 unspecified atom stereocenters. The Labute approximate surface area is 182 Å². The number of ether oxygens (including phenoxy) is 2. The van der Waals surface area contributed by atoms with E-state index in [1.807, 2.05) is 6.92 Å². The Morgan fingerprint density at radius 2 is 2.21 bits per heavy atom. The predicted molar refractivity (Wildman–Crippen MR) is 111 cm³/mol. The summed E-state index contributed by atoms with van der Waals surface area (Å²) in [5.74, 6) is -0.515. The molecule has 0 saturated carbocycles. The zero-order valence-electron chi connectivity index (χ0n) is 15.7. The smallest absolute Gasteiger partial charge is 0.239 e. The molecule has 10 heteroatoms. The second-order valence-electron chi connectivity index (χ2n) is 6.65. The Morgan fingerprint density at radius 3 is 2.86 bits per heavy atom. The molecule has 2 aliphatic rings. The quantitative estimate of drug-likeness (QED) is 0.708. The van der Waals surface area contributed by atoms with E-state index in [0.717, 1.165) is 0 Å². The molecule has 2 N–H and O–H groups in total. The van der Waals surface area contributed by atoms with Gasteiger partial charge in [0.2, 0.25) is 5.91 Å². The Kier molecular flexibility index (Phi) is 11.0. The summed E-state index contributed by atoms with van der Waals surface area (Å²) >= 11 is 6.30. The van der Waals surface area contributed by atoms with Gasteiger partial charge in [-0.3, -0.25) is 9.69 Å². The first-order valence-corrected chi connectivity index (χ1v) is 9.32. The summed E-state index contributed by atoms with van der Waals surface area (Å²) in [4.78, 5) is 14.5. The van der Waals surface area contributed by atoms with Gasteiger partial charge in [0.25, 0.3) is 0 Å². The van der Waals surface area contributed by atoms with Gasteiger partial charge in [-0.05, 0) is 19.1 Å². The van der Waals surface area contributed by atoms with Crippen LogP contribution in [0, 0.1) is 5.82 Å². The maximum Gasteiger partial charge on any atom is 0.239 e. The molecule has 28 heavy (non-hydrogen) atoms. The fraction of sp³-hybridized carbons (Fsp3) is 0.611. The van der Waals surface area contributed by atoms with E-state index in [2.05, 4.69) is 15.5 Å². The third kappa shape index (κ3) is 6.42. The maximum atomic E-state index is 14.5. The van der Waals surface area contributed by atoms with Crippen LogP contribution >= 0.6 is 36.4 Å². The first kappa shape index (κ1) is 25.4. The summed E-state index contributed by atoms with van der Waals surface area (Å²) in [6, 6.07) is 3.92. The number of benzene rings is 1. The Bertz CT molecular complexity index is 615. The first-order chi connectivity index (χ1) is 12.6. The Morgan fingerprint density at radius 1 is 1.43 bits per heavy atom. The van der Waals surface area contributed by atoms with Crippen molar-refractivity contribution in [1.29, 1.82) is 0 Å². The van der Waals surface area contributed by atoms with Crippen LogP contribution in [0.3, 0.4) is 0 Å². The SMILES string of the molecule is CC1CN(C(CNC(=O)C2COCCN2)c2c(F)cccc2Cl)CCO1.Cl.Cl. The molecule has 2 aliphatic heterocycles. The molecule has 160 valence electrons. The number of morpholine rings is 2. The molecule has 0 radical (unpaired) electrons. The maximum absolute atomic E-state index is 14.5. The average molecular weight is 459 g/mol. The van der Waals surface area contributed by atoms with Gasteiger partial charge >= 0.3 is 0 Å². The molecule has 6 nitrogen and oxygen atoms in total. The summed E-state index contributed by atoms with van der Waals surface area (Å²) in [6.07, 6.45) is 0.0425. The van der Waals surface area contributed by atoms with Crippen LogP contribution in [-0.4, -0.2) is 69.0 Å². The van der Waals surface area contributed by atoms with E-state index in [4.69, 9.17) is 21.1 Å². The monoisotopic (exact) mass is 457 g/mol. The predicted octanol–water partition coefficient (Wildman–Crippen LogP) is 2.19. The highest BCUT2D eigenvalue weighted by Gasteiger charge is 2.30. The van der Waals surface area contributed by atoms with Gasteiger partial charge in [-0.25, -0.2) is 4.39 Å². The summed E-state index contributed by atoms with van der Waals surface area (Å²) < 4.78 is 25.5. The second kappa shape index (κ2) is 12.1. The minimum atomic E-state index is -0.385. The van der Waals surface area contributed by atoms with Crippen LogP contribution in [0.1, 0.15) is 18.5 Å². The number of amides is 1. The molecule has 3 atom stereocenters. The highest BCUT2D eigenvalue weighted by atomic mass is 35.5. The summed E-state index contributed by atoms with van der Waals surface area (Å²) in [6.45, 7) is 5.69. The summed E-state index contributed by atoms with van der Waals surface area (Å²) in [7, 11) is 0. The van der Waals surface area contributed by atoms with E-state index in [1.54, 1.807) is 12.1 Å². The second-order valence-corrected chi connectivity index (χ2v) is 7.06. The number of carbonyl (C=O) groups excluding carboxylic acids is 1. The highest BCUT2D eigenvalue weighted by Crippen LogP contribution is 2.31. The van der Waals surface area contributed by atoms with Crippen LogP contribution < -0.4 is 10.6 Å². The standard InChI is InChI=1S/C18H25ClFN3O3.2ClH/c1-12-10-23(6-8-26-12)16(17-13(19)3-2-4-14(17)20)9-22-18(24)15-11-25-7-5-21-15;;/h2-4,12,15-16,21H,5-11H2,1H3,(H,22,24);2*1H. The molecule has 2 saturated heterocycles. The normalized spacial score (nSPS) is 23.8. The van der Waals surface area contributed by atoms with E-state index in [1.165, 1.54) is 6.07 Å². The van der Waals surface area contributed by atoms with E-state index < -0.39 is 0 Å². The Balaban J connectivity index is 0.00000196. The molecule has 2 fully saturated rings. The van der Waals surface area contributed by atoms with Gasteiger partial charge in [0.05, 0.1) is 32.0 Å². The van der Waals surface area contributed by atoms with Gasteiger partial charge in [-0.2, -0.15) is 0 Å². The van der Waals surface area contributed by atoms with Crippen LogP contribution in [0.25, 0.3) is 0 Å². The van der Waals surface area contributed by atoms with Gasteiger partial charge in [0.1, 0.15) is 11.9 Å². The topological polar surface area (TPSA) is 62.8 Å². The summed E-state index contributed by atoms with van der Waals surface area (Å²) in [5.41, 5.74) is 0.413. The number of carbonyl (C=O) groups is 1. The molecule has 0 spiro atoms. The largest absolute Gasteiger partial charge is 0.378 e. The van der Waals surface area contributed by atoms with E-state index in [9.17, 15) is 9.18 Å². The molecular formula is C18H27Cl3FN3O3. The molecule has 0 aliphatic carbocycles. The molecular weight excluding hydrogens is 432 g/mol. The highest BCUT2D eigenvalue weighted by molar-refractivity contribution is 6.31. The number of nitrogens with one attached hydrogen (secondary N) is 2. The molecule has 0 aromatic heterocycles. The number of halogens is 4. The lowest BCUT2D eigenvalue weighted by Gasteiger charge is -2.38. The van der Waals surface area contributed by atoms with Crippen molar-refractivity contribution in [2.45, 2.75) is 25.1 Å². The van der Waals surface area contributed by atoms with Crippen molar-refractivity contribution in [3.05, 3.63) is 34.6 Å². The lowest BCUT2D eigenvalue weighted by Crippen LogP contribution is -2.53. The van der Waals surface area contributed by atoms with Crippen LogP contribution in [0.15, 0.2) is 18.2 Å². The van der Waals surface area contributed by atoms with Crippen molar-refractivity contribution in [3.63, 3.8) is 0 Å².